The van der Waals surface area contributed by atoms with Gasteiger partial charge in [-0.15, -0.1) is 0 Å². The van der Waals surface area contributed by atoms with Crippen LogP contribution in [0.4, 0.5) is 0 Å². The van der Waals surface area contributed by atoms with E-state index in [1.807, 2.05) is 7.05 Å². The SMILES string of the molecule is CCCN(CC)CCNC(=NC)NCC1CC1. The molecule has 0 aromatic heterocycles. The van der Waals surface area contributed by atoms with Crippen molar-refractivity contribution in [2.24, 2.45) is 10.9 Å². The zero-order chi connectivity index (χ0) is 12.5. The van der Waals surface area contributed by atoms with Crippen LogP contribution in [-0.4, -0.2) is 50.6 Å². The first-order valence-electron chi connectivity index (χ1n) is 6.97. The smallest absolute Gasteiger partial charge is 0.191 e. The molecule has 0 unspecified atom stereocenters. The third-order valence-electron chi connectivity index (χ3n) is 3.19. The molecule has 1 aliphatic carbocycles. The summed E-state index contributed by atoms with van der Waals surface area (Å²) in [6.07, 6.45) is 3.98. The van der Waals surface area contributed by atoms with E-state index in [-0.39, 0.29) is 0 Å². The normalized spacial score (nSPS) is 16.4. The second-order valence-electron chi connectivity index (χ2n) is 4.76. The molecule has 0 saturated heterocycles. The Bertz CT molecular complexity index is 223. The molecular formula is C13H28N4. The molecule has 1 fully saturated rings. The second-order valence-corrected chi connectivity index (χ2v) is 4.76. The van der Waals surface area contributed by atoms with Gasteiger partial charge in [-0.1, -0.05) is 13.8 Å². The van der Waals surface area contributed by atoms with Crippen LogP contribution in [0.15, 0.2) is 4.99 Å². The summed E-state index contributed by atoms with van der Waals surface area (Å²) in [6.45, 7) is 9.90. The minimum atomic E-state index is 0.890. The van der Waals surface area contributed by atoms with Crippen LogP contribution in [0.25, 0.3) is 0 Å². The fourth-order valence-electron chi connectivity index (χ4n) is 1.86. The molecule has 17 heavy (non-hydrogen) atoms. The first-order chi connectivity index (χ1) is 8.30. The summed E-state index contributed by atoms with van der Waals surface area (Å²) in [7, 11) is 1.84. The molecule has 0 aromatic carbocycles. The van der Waals surface area contributed by atoms with Crippen LogP contribution in [0.5, 0.6) is 0 Å². The summed E-state index contributed by atoms with van der Waals surface area (Å²) in [4.78, 5) is 6.69. The van der Waals surface area contributed by atoms with Crippen molar-refractivity contribution in [1.82, 2.24) is 15.5 Å². The zero-order valence-electron chi connectivity index (χ0n) is 11.6. The number of nitrogens with zero attached hydrogens (tertiary/aromatic N) is 2. The van der Waals surface area contributed by atoms with Crippen LogP contribution in [0.1, 0.15) is 33.1 Å². The summed E-state index contributed by atoms with van der Waals surface area (Å²) in [6, 6.07) is 0. The van der Waals surface area contributed by atoms with E-state index in [0.29, 0.717) is 0 Å². The highest BCUT2D eigenvalue weighted by atomic mass is 15.2. The van der Waals surface area contributed by atoms with Gasteiger partial charge in [0.1, 0.15) is 0 Å². The van der Waals surface area contributed by atoms with Gasteiger partial charge in [-0.25, -0.2) is 0 Å². The number of hydrogen-bond donors (Lipinski definition) is 2. The molecule has 0 spiro atoms. The first kappa shape index (κ1) is 14.3. The first-order valence-corrected chi connectivity index (χ1v) is 6.97. The highest BCUT2D eigenvalue weighted by molar-refractivity contribution is 5.79. The van der Waals surface area contributed by atoms with Gasteiger partial charge in [-0.3, -0.25) is 4.99 Å². The predicted molar refractivity (Wildman–Crippen MR) is 74.5 cm³/mol. The van der Waals surface area contributed by atoms with Crippen molar-refractivity contribution >= 4 is 5.96 Å². The number of guanidine groups is 1. The van der Waals surface area contributed by atoms with Crippen LogP contribution in [0, 0.1) is 5.92 Å². The maximum absolute atomic E-state index is 4.23. The minimum Gasteiger partial charge on any atom is -0.356 e. The highest BCUT2D eigenvalue weighted by Crippen LogP contribution is 2.27. The van der Waals surface area contributed by atoms with Crippen molar-refractivity contribution in [3.8, 4) is 0 Å². The lowest BCUT2D eigenvalue weighted by Crippen LogP contribution is -2.42. The maximum Gasteiger partial charge on any atom is 0.191 e. The lowest BCUT2D eigenvalue weighted by molar-refractivity contribution is 0.293. The van der Waals surface area contributed by atoms with Gasteiger partial charge in [-0.05, 0) is 38.3 Å². The van der Waals surface area contributed by atoms with Gasteiger partial charge in [0.15, 0.2) is 5.96 Å². The van der Waals surface area contributed by atoms with Crippen molar-refractivity contribution in [3.05, 3.63) is 0 Å². The molecular weight excluding hydrogens is 212 g/mol. The average Bonchev–Trinajstić information content (AvgIpc) is 3.16. The van der Waals surface area contributed by atoms with E-state index in [1.54, 1.807) is 0 Å². The Hall–Kier alpha value is -0.770. The summed E-state index contributed by atoms with van der Waals surface area (Å²) in [5, 5.41) is 6.75. The molecule has 100 valence electrons. The van der Waals surface area contributed by atoms with Gasteiger partial charge in [0.2, 0.25) is 0 Å². The van der Waals surface area contributed by atoms with Crippen molar-refractivity contribution < 1.29 is 0 Å². The van der Waals surface area contributed by atoms with Crippen molar-refractivity contribution in [3.63, 3.8) is 0 Å². The maximum atomic E-state index is 4.23. The van der Waals surface area contributed by atoms with Gasteiger partial charge in [0, 0.05) is 26.7 Å². The Morgan fingerprint density at radius 3 is 2.53 bits per heavy atom. The Kier molecular flexibility index (Phi) is 7.01. The fraction of sp³-hybridized carbons (Fsp3) is 0.923. The minimum absolute atomic E-state index is 0.890. The summed E-state index contributed by atoms with van der Waals surface area (Å²) in [5.74, 6) is 1.84. The Labute approximate surface area is 106 Å². The van der Waals surface area contributed by atoms with Crippen LogP contribution < -0.4 is 10.6 Å². The summed E-state index contributed by atoms with van der Waals surface area (Å²) in [5.41, 5.74) is 0. The van der Waals surface area contributed by atoms with E-state index in [1.165, 1.54) is 25.8 Å². The Morgan fingerprint density at radius 2 is 2.00 bits per heavy atom. The molecule has 2 N–H and O–H groups in total. The van der Waals surface area contributed by atoms with Crippen LogP contribution in [0.2, 0.25) is 0 Å². The predicted octanol–water partition coefficient (Wildman–Crippen LogP) is 1.29. The number of hydrogen-bond acceptors (Lipinski definition) is 2. The van der Waals surface area contributed by atoms with Crippen LogP contribution >= 0.6 is 0 Å². The molecule has 0 bridgehead atoms. The van der Waals surface area contributed by atoms with Gasteiger partial charge in [0.05, 0.1) is 0 Å². The molecule has 0 aromatic rings. The van der Waals surface area contributed by atoms with Gasteiger partial charge in [0.25, 0.3) is 0 Å². The number of aliphatic imine (C=N–C) groups is 1. The van der Waals surface area contributed by atoms with Gasteiger partial charge >= 0.3 is 0 Å². The van der Waals surface area contributed by atoms with Crippen LogP contribution in [0.3, 0.4) is 0 Å². The molecule has 0 amide bonds. The lowest BCUT2D eigenvalue weighted by atomic mass is 10.4. The van der Waals surface area contributed by atoms with E-state index in [9.17, 15) is 0 Å². The molecule has 4 nitrogen and oxygen atoms in total. The van der Waals surface area contributed by atoms with E-state index < -0.39 is 0 Å². The van der Waals surface area contributed by atoms with Crippen molar-refractivity contribution in [2.45, 2.75) is 33.1 Å². The lowest BCUT2D eigenvalue weighted by Gasteiger charge is -2.20. The third kappa shape index (κ3) is 6.51. The molecule has 1 rings (SSSR count). The van der Waals surface area contributed by atoms with Crippen molar-refractivity contribution in [2.75, 3.05) is 39.8 Å². The third-order valence-corrected chi connectivity index (χ3v) is 3.19. The number of rotatable bonds is 8. The zero-order valence-corrected chi connectivity index (χ0v) is 11.6. The Morgan fingerprint density at radius 1 is 1.24 bits per heavy atom. The van der Waals surface area contributed by atoms with Crippen LogP contribution in [-0.2, 0) is 0 Å². The molecule has 1 saturated carbocycles. The summed E-state index contributed by atoms with van der Waals surface area (Å²) < 4.78 is 0. The summed E-state index contributed by atoms with van der Waals surface area (Å²) >= 11 is 0. The largest absolute Gasteiger partial charge is 0.356 e. The molecule has 0 atom stereocenters. The second kappa shape index (κ2) is 8.34. The van der Waals surface area contributed by atoms with Gasteiger partial charge in [-0.2, -0.15) is 0 Å². The molecule has 4 heteroatoms. The van der Waals surface area contributed by atoms with E-state index >= 15 is 0 Å². The molecule has 0 aliphatic heterocycles. The fourth-order valence-corrected chi connectivity index (χ4v) is 1.86. The van der Waals surface area contributed by atoms with E-state index in [0.717, 1.165) is 38.1 Å². The quantitative estimate of drug-likeness (QED) is 0.496. The monoisotopic (exact) mass is 240 g/mol. The highest BCUT2D eigenvalue weighted by Gasteiger charge is 2.20. The number of nitrogens with one attached hydrogen (secondary N) is 2. The molecule has 0 radical (unpaired) electrons. The molecule has 1 aliphatic rings. The Balaban J connectivity index is 2.08. The molecule has 0 heterocycles. The average molecular weight is 240 g/mol. The topological polar surface area (TPSA) is 39.7 Å². The van der Waals surface area contributed by atoms with Gasteiger partial charge < -0.3 is 15.5 Å². The van der Waals surface area contributed by atoms with E-state index in [4.69, 9.17) is 0 Å². The standard InChI is InChI=1S/C13H28N4/c1-4-9-17(5-2)10-8-15-13(14-3)16-11-12-6-7-12/h12H,4-11H2,1-3H3,(H2,14,15,16). The van der Waals surface area contributed by atoms with Crippen molar-refractivity contribution in [1.29, 1.82) is 0 Å². The van der Waals surface area contributed by atoms with E-state index in [2.05, 4.69) is 34.4 Å². The number of likely N-dealkylation sites (N-methyl/N-ethyl adjacent to an activating group) is 1.